The van der Waals surface area contributed by atoms with Gasteiger partial charge in [0.05, 0.1) is 12.6 Å². The highest BCUT2D eigenvalue weighted by Crippen LogP contribution is 2.24. The van der Waals surface area contributed by atoms with E-state index < -0.39 is 0 Å². The maximum Gasteiger partial charge on any atom is 0.268 e. The lowest BCUT2D eigenvalue weighted by atomic mass is 10.1. The summed E-state index contributed by atoms with van der Waals surface area (Å²) in [5, 5.41) is 4.26. The van der Waals surface area contributed by atoms with E-state index >= 15 is 0 Å². The molecular formula is C29H31FN4O. The van der Waals surface area contributed by atoms with Gasteiger partial charge >= 0.3 is 0 Å². The fourth-order valence-corrected chi connectivity index (χ4v) is 4.81. The van der Waals surface area contributed by atoms with Gasteiger partial charge in [0.15, 0.2) is 0 Å². The van der Waals surface area contributed by atoms with Crippen LogP contribution in [0.5, 0.6) is 0 Å². The smallest absolute Gasteiger partial charge is 0.268 e. The normalized spacial score (nSPS) is 15.8. The van der Waals surface area contributed by atoms with Crippen LogP contribution in [0.3, 0.4) is 0 Å². The molecule has 4 aromatic rings. The molecule has 35 heavy (non-hydrogen) atoms. The Morgan fingerprint density at radius 3 is 2.37 bits per heavy atom. The molecule has 1 unspecified atom stereocenters. The number of hydrogen-bond acceptors (Lipinski definition) is 3. The summed E-state index contributed by atoms with van der Waals surface area (Å²) in [6, 6.07) is 26.5. The number of rotatable bonds is 7. The number of hydrogen-bond donors (Lipinski definition) is 1. The van der Waals surface area contributed by atoms with E-state index in [4.69, 9.17) is 0 Å². The Labute approximate surface area is 205 Å². The van der Waals surface area contributed by atoms with Crippen LogP contribution in [0.25, 0.3) is 10.9 Å². The summed E-state index contributed by atoms with van der Waals surface area (Å²) in [6.45, 7) is 5.03. The minimum Gasteiger partial charge on any atom is -0.343 e. The first kappa shape index (κ1) is 23.3. The summed E-state index contributed by atoms with van der Waals surface area (Å²) in [7, 11) is 2.14. The van der Waals surface area contributed by atoms with Crippen molar-refractivity contribution in [1.82, 2.24) is 19.7 Å². The number of likely N-dealkylation sites (N-methyl/N-ethyl adjacent to an activating group) is 1. The molecule has 1 aromatic heterocycles. The van der Waals surface area contributed by atoms with Gasteiger partial charge in [-0.3, -0.25) is 9.69 Å². The molecule has 2 heterocycles. The molecule has 0 saturated carbocycles. The number of fused-ring (bicyclic) bond motifs is 1. The van der Waals surface area contributed by atoms with Gasteiger partial charge in [-0.05, 0) is 30.8 Å². The lowest BCUT2D eigenvalue weighted by Gasteiger charge is -2.35. The van der Waals surface area contributed by atoms with Crippen LogP contribution in [0.1, 0.15) is 27.7 Å². The average Bonchev–Trinajstić information content (AvgIpc) is 3.25. The van der Waals surface area contributed by atoms with Crippen LogP contribution in [0, 0.1) is 5.82 Å². The van der Waals surface area contributed by atoms with E-state index in [1.807, 2.05) is 59.2 Å². The van der Waals surface area contributed by atoms with Crippen LogP contribution < -0.4 is 5.32 Å². The number of nitrogens with one attached hydrogen (secondary N) is 1. The SMILES string of the molecule is CN1CCN(CC(NC(=O)c2cc3ccccc3n2Cc2ccccc2F)c2ccccc2)CC1. The van der Waals surface area contributed by atoms with Crippen molar-refractivity contribution < 1.29 is 9.18 Å². The predicted octanol–water partition coefficient (Wildman–Crippen LogP) is 4.55. The van der Waals surface area contributed by atoms with Gasteiger partial charge in [-0.25, -0.2) is 4.39 Å². The van der Waals surface area contributed by atoms with E-state index in [1.165, 1.54) is 6.07 Å². The van der Waals surface area contributed by atoms with E-state index in [0.29, 0.717) is 11.3 Å². The lowest BCUT2D eigenvalue weighted by Crippen LogP contribution is -2.48. The van der Waals surface area contributed by atoms with Gasteiger partial charge in [0, 0.05) is 49.2 Å². The summed E-state index contributed by atoms with van der Waals surface area (Å²) in [5.41, 5.74) is 3.08. The van der Waals surface area contributed by atoms with Gasteiger partial charge in [-0.15, -0.1) is 0 Å². The standard InChI is InChI=1S/C29H31FN4O/c1-32-15-17-33(18-16-32)21-26(22-9-3-2-4-10-22)31-29(35)28-19-23-11-6-8-14-27(23)34(28)20-24-12-5-7-13-25(24)30/h2-14,19,26H,15-18,20-21H2,1H3,(H,31,35). The number of para-hydroxylation sites is 1. The van der Waals surface area contributed by atoms with E-state index in [-0.39, 0.29) is 24.3 Å². The van der Waals surface area contributed by atoms with E-state index in [1.54, 1.807) is 12.1 Å². The lowest BCUT2D eigenvalue weighted by molar-refractivity contribution is 0.0899. The largest absolute Gasteiger partial charge is 0.343 e. The van der Waals surface area contributed by atoms with Crippen molar-refractivity contribution >= 4 is 16.8 Å². The molecule has 180 valence electrons. The molecule has 1 saturated heterocycles. The first-order valence-electron chi connectivity index (χ1n) is 12.2. The van der Waals surface area contributed by atoms with Crippen molar-refractivity contribution in [3.63, 3.8) is 0 Å². The van der Waals surface area contributed by atoms with Gasteiger partial charge in [0.2, 0.25) is 0 Å². The van der Waals surface area contributed by atoms with Crippen LogP contribution in [-0.2, 0) is 6.54 Å². The highest BCUT2D eigenvalue weighted by Gasteiger charge is 2.24. The Hall–Kier alpha value is -3.48. The molecule has 1 N–H and O–H groups in total. The number of aromatic nitrogens is 1. The summed E-state index contributed by atoms with van der Waals surface area (Å²) >= 11 is 0. The third-order valence-electron chi connectivity index (χ3n) is 6.87. The van der Waals surface area contributed by atoms with Crippen LogP contribution in [0.2, 0.25) is 0 Å². The number of nitrogens with zero attached hydrogens (tertiary/aromatic N) is 3. The molecule has 1 amide bonds. The van der Waals surface area contributed by atoms with Crippen LogP contribution in [-0.4, -0.2) is 60.0 Å². The Morgan fingerprint density at radius 1 is 0.914 bits per heavy atom. The maximum atomic E-state index is 14.5. The molecule has 0 aliphatic carbocycles. The molecule has 1 fully saturated rings. The van der Waals surface area contributed by atoms with Gasteiger partial charge in [-0.2, -0.15) is 0 Å². The van der Waals surface area contributed by atoms with Crippen LogP contribution >= 0.6 is 0 Å². The molecule has 0 bridgehead atoms. The molecule has 1 atom stereocenters. The average molecular weight is 471 g/mol. The number of halogens is 1. The third kappa shape index (κ3) is 5.29. The van der Waals surface area contributed by atoms with Crippen molar-refractivity contribution in [3.05, 3.63) is 108 Å². The second kappa shape index (κ2) is 10.4. The minimum atomic E-state index is -0.270. The second-order valence-corrected chi connectivity index (χ2v) is 9.31. The Bertz CT molecular complexity index is 1290. The monoisotopic (exact) mass is 470 g/mol. The van der Waals surface area contributed by atoms with E-state index in [9.17, 15) is 9.18 Å². The van der Waals surface area contributed by atoms with Crippen LogP contribution in [0.4, 0.5) is 4.39 Å². The molecule has 0 spiro atoms. The predicted molar refractivity (Wildman–Crippen MR) is 138 cm³/mol. The van der Waals surface area contributed by atoms with Crippen molar-refractivity contribution in [3.8, 4) is 0 Å². The molecule has 6 heteroatoms. The molecule has 5 nitrogen and oxygen atoms in total. The Kier molecular flexibility index (Phi) is 6.93. The van der Waals surface area contributed by atoms with E-state index in [2.05, 4.69) is 34.3 Å². The molecular weight excluding hydrogens is 439 g/mol. The number of carbonyl (C=O) groups is 1. The van der Waals surface area contributed by atoms with E-state index in [0.717, 1.165) is 49.2 Å². The summed E-state index contributed by atoms with van der Waals surface area (Å²) in [6.07, 6.45) is 0. The zero-order valence-electron chi connectivity index (χ0n) is 20.0. The fourth-order valence-electron chi connectivity index (χ4n) is 4.81. The maximum absolute atomic E-state index is 14.5. The second-order valence-electron chi connectivity index (χ2n) is 9.31. The van der Waals surface area contributed by atoms with Gasteiger partial charge in [-0.1, -0.05) is 66.7 Å². The Balaban J connectivity index is 1.45. The van der Waals surface area contributed by atoms with Crippen molar-refractivity contribution in [2.24, 2.45) is 0 Å². The summed E-state index contributed by atoms with van der Waals surface area (Å²) < 4.78 is 16.4. The van der Waals surface area contributed by atoms with Crippen LogP contribution in [0.15, 0.2) is 84.9 Å². The molecule has 3 aromatic carbocycles. The highest BCUT2D eigenvalue weighted by atomic mass is 19.1. The molecule has 1 aliphatic heterocycles. The third-order valence-corrected chi connectivity index (χ3v) is 6.87. The number of carbonyl (C=O) groups excluding carboxylic acids is 1. The quantitative estimate of drug-likeness (QED) is 0.431. The van der Waals surface area contributed by atoms with Gasteiger partial charge in [0.25, 0.3) is 5.91 Å². The fraction of sp³-hybridized carbons (Fsp3) is 0.276. The topological polar surface area (TPSA) is 40.5 Å². The zero-order valence-corrected chi connectivity index (χ0v) is 20.0. The first-order valence-corrected chi connectivity index (χ1v) is 12.2. The number of amides is 1. The first-order chi connectivity index (χ1) is 17.1. The summed E-state index contributed by atoms with van der Waals surface area (Å²) in [5.74, 6) is -0.422. The van der Waals surface area contributed by atoms with Crippen molar-refractivity contribution in [2.75, 3.05) is 39.8 Å². The molecule has 5 rings (SSSR count). The van der Waals surface area contributed by atoms with Gasteiger partial charge < -0.3 is 14.8 Å². The number of benzene rings is 3. The minimum absolute atomic E-state index is 0.146. The van der Waals surface area contributed by atoms with Gasteiger partial charge in [0.1, 0.15) is 11.5 Å². The van der Waals surface area contributed by atoms with Crippen molar-refractivity contribution in [2.45, 2.75) is 12.6 Å². The molecule has 1 aliphatic rings. The number of piperazine rings is 1. The highest BCUT2D eigenvalue weighted by molar-refractivity contribution is 5.99. The summed E-state index contributed by atoms with van der Waals surface area (Å²) in [4.78, 5) is 18.5. The zero-order chi connectivity index (χ0) is 24.2. The van der Waals surface area contributed by atoms with Crippen molar-refractivity contribution in [1.29, 1.82) is 0 Å². The molecule has 0 radical (unpaired) electrons. The Morgan fingerprint density at radius 2 is 1.60 bits per heavy atom.